The lowest BCUT2D eigenvalue weighted by atomic mass is 9.94. The number of allylic oxidation sites excluding steroid dienone is 1. The summed E-state index contributed by atoms with van der Waals surface area (Å²) in [5.74, 6) is 1.16. The summed E-state index contributed by atoms with van der Waals surface area (Å²) in [6, 6.07) is 18.9. The van der Waals surface area contributed by atoms with E-state index in [1.54, 1.807) is 81.0 Å². The minimum Gasteiger partial charge on any atom is -0.497 e. The molecule has 4 heterocycles. The van der Waals surface area contributed by atoms with Crippen molar-refractivity contribution >= 4 is 40.8 Å². The van der Waals surface area contributed by atoms with Gasteiger partial charge in [0, 0.05) is 35.8 Å². The second kappa shape index (κ2) is 12.1. The number of carbonyl (C=O) groups excluding carboxylic acids is 1. The Balaban J connectivity index is 1.46. The molecular formula is C31H25N5O5S2. The number of methoxy groups -OCH3 is 2. The van der Waals surface area contributed by atoms with Crippen LogP contribution in [0.1, 0.15) is 24.3 Å². The van der Waals surface area contributed by atoms with Crippen molar-refractivity contribution in [2.75, 3.05) is 19.5 Å². The monoisotopic (exact) mass is 611 g/mol. The van der Waals surface area contributed by atoms with E-state index in [1.807, 2.05) is 18.2 Å². The summed E-state index contributed by atoms with van der Waals surface area (Å²) < 4.78 is 19.0. The minimum atomic E-state index is -0.819. The van der Waals surface area contributed by atoms with Gasteiger partial charge in [0.05, 0.1) is 30.0 Å². The lowest BCUT2D eigenvalue weighted by molar-refractivity contribution is -0.113. The standard InChI is InChI=1S/C31H25N5O5S2/c1-18-26(28(37)35-19-8-5-4-6-9-19)27(22-12-10-20(39-2)16-23(22)40-3)36-29(38)24(42-31(36)34-18)17-21-11-13-25(41-21)43-30-32-14-7-15-33-30/h4-17,27H,1-3H3,(H,35,37)/b24-17+/t27-/m1/s1. The Morgan fingerprint density at radius 2 is 1.84 bits per heavy atom. The second-order valence-electron chi connectivity index (χ2n) is 9.30. The molecule has 6 rings (SSSR count). The van der Waals surface area contributed by atoms with E-state index in [9.17, 15) is 9.59 Å². The van der Waals surface area contributed by atoms with Crippen molar-refractivity contribution in [3.63, 3.8) is 0 Å². The van der Waals surface area contributed by atoms with Gasteiger partial charge in [0.2, 0.25) is 0 Å². The highest BCUT2D eigenvalue weighted by Crippen LogP contribution is 2.37. The number of para-hydroxylation sites is 1. The topological polar surface area (TPSA) is 121 Å². The summed E-state index contributed by atoms with van der Waals surface area (Å²) in [7, 11) is 3.10. The number of benzene rings is 2. The van der Waals surface area contributed by atoms with Crippen molar-refractivity contribution in [1.82, 2.24) is 14.5 Å². The Hall–Kier alpha value is -4.94. The Labute approximate surface area is 254 Å². The number of anilines is 1. The van der Waals surface area contributed by atoms with Gasteiger partial charge in [-0.2, -0.15) is 0 Å². The van der Waals surface area contributed by atoms with Crippen molar-refractivity contribution in [3.8, 4) is 11.5 Å². The number of carbonyl (C=O) groups is 1. The molecule has 0 bridgehead atoms. The largest absolute Gasteiger partial charge is 0.497 e. The van der Waals surface area contributed by atoms with Gasteiger partial charge in [-0.15, -0.1) is 0 Å². The molecule has 1 N–H and O–H groups in total. The molecule has 1 aliphatic rings. The van der Waals surface area contributed by atoms with E-state index in [-0.39, 0.29) is 11.5 Å². The van der Waals surface area contributed by atoms with Gasteiger partial charge < -0.3 is 19.2 Å². The molecule has 0 aliphatic carbocycles. The van der Waals surface area contributed by atoms with Crippen LogP contribution in [-0.2, 0) is 4.79 Å². The van der Waals surface area contributed by atoms with E-state index in [1.165, 1.54) is 34.8 Å². The molecule has 2 aromatic carbocycles. The molecule has 0 fully saturated rings. The molecule has 12 heteroatoms. The Bertz CT molecular complexity index is 2020. The van der Waals surface area contributed by atoms with Gasteiger partial charge in [-0.3, -0.25) is 14.2 Å². The summed E-state index contributed by atoms with van der Waals surface area (Å²) in [5, 5.41) is 4.09. The number of fused-ring (bicyclic) bond motifs is 1. The predicted molar refractivity (Wildman–Crippen MR) is 163 cm³/mol. The fourth-order valence-corrected chi connectivity index (χ4v) is 6.40. The maximum Gasteiger partial charge on any atom is 0.271 e. The van der Waals surface area contributed by atoms with Crippen LogP contribution in [-0.4, -0.2) is 34.7 Å². The predicted octanol–water partition coefficient (Wildman–Crippen LogP) is 4.43. The molecule has 0 saturated carbocycles. The number of rotatable bonds is 8. The van der Waals surface area contributed by atoms with Crippen LogP contribution in [0.3, 0.4) is 0 Å². The number of hydrogen-bond acceptors (Lipinski definition) is 10. The van der Waals surface area contributed by atoms with Gasteiger partial charge in [-0.1, -0.05) is 29.5 Å². The molecule has 0 saturated heterocycles. The molecule has 0 radical (unpaired) electrons. The molecule has 216 valence electrons. The van der Waals surface area contributed by atoms with E-state index in [2.05, 4.69) is 15.3 Å². The minimum absolute atomic E-state index is 0.318. The summed E-state index contributed by atoms with van der Waals surface area (Å²) >= 11 is 2.49. The number of hydrogen-bond donors (Lipinski definition) is 1. The average molecular weight is 612 g/mol. The van der Waals surface area contributed by atoms with Crippen molar-refractivity contribution in [3.05, 3.63) is 121 Å². The first-order valence-corrected chi connectivity index (χ1v) is 14.7. The normalized spacial score (nSPS) is 14.7. The van der Waals surface area contributed by atoms with E-state index < -0.39 is 6.04 Å². The molecule has 1 aliphatic heterocycles. The van der Waals surface area contributed by atoms with E-state index >= 15 is 0 Å². The zero-order valence-corrected chi connectivity index (χ0v) is 24.9. The summed E-state index contributed by atoms with van der Waals surface area (Å²) in [6.07, 6.45) is 4.99. The smallest absolute Gasteiger partial charge is 0.271 e. The average Bonchev–Trinajstić information content (AvgIpc) is 3.59. The molecular weight excluding hydrogens is 587 g/mol. The molecule has 5 aromatic rings. The van der Waals surface area contributed by atoms with Gasteiger partial charge in [-0.05, 0) is 61.2 Å². The quantitative estimate of drug-likeness (QED) is 0.256. The number of thiazole rings is 1. The van der Waals surface area contributed by atoms with Crippen LogP contribution in [0.5, 0.6) is 11.5 Å². The second-order valence-corrected chi connectivity index (χ2v) is 11.3. The number of nitrogens with one attached hydrogen (secondary N) is 1. The number of amides is 1. The molecule has 0 unspecified atom stereocenters. The molecule has 10 nitrogen and oxygen atoms in total. The number of aromatic nitrogens is 3. The summed E-state index contributed by atoms with van der Waals surface area (Å²) in [6.45, 7) is 1.77. The van der Waals surface area contributed by atoms with Crippen LogP contribution in [0.15, 0.2) is 115 Å². The van der Waals surface area contributed by atoms with Gasteiger partial charge in [-0.25, -0.2) is 15.0 Å². The summed E-state index contributed by atoms with van der Waals surface area (Å²) in [4.78, 5) is 41.4. The molecule has 3 aromatic heterocycles. The Morgan fingerprint density at radius 1 is 1.05 bits per heavy atom. The van der Waals surface area contributed by atoms with E-state index in [0.29, 0.717) is 59.4 Å². The van der Waals surface area contributed by atoms with Crippen molar-refractivity contribution in [1.29, 1.82) is 0 Å². The first kappa shape index (κ1) is 28.2. The SMILES string of the molecule is COc1ccc([C@@H]2C(C(=O)Nc3ccccc3)=C(C)N=c3s/c(=C/c4ccc(Sc5ncccn5)o4)c(=O)n32)c(OC)c1. The van der Waals surface area contributed by atoms with E-state index in [0.717, 1.165) is 0 Å². The lowest BCUT2D eigenvalue weighted by Crippen LogP contribution is -2.40. The zero-order chi connectivity index (χ0) is 29.9. The zero-order valence-electron chi connectivity index (χ0n) is 23.3. The maximum atomic E-state index is 14.1. The first-order chi connectivity index (χ1) is 20.9. The van der Waals surface area contributed by atoms with E-state index in [4.69, 9.17) is 18.9 Å². The Kier molecular flexibility index (Phi) is 7.95. The summed E-state index contributed by atoms with van der Waals surface area (Å²) in [5.41, 5.74) is 1.73. The number of furan rings is 1. The maximum absolute atomic E-state index is 14.1. The van der Waals surface area contributed by atoms with Gasteiger partial charge in [0.1, 0.15) is 23.3 Å². The molecule has 1 atom stereocenters. The highest BCUT2D eigenvalue weighted by molar-refractivity contribution is 7.99. The van der Waals surface area contributed by atoms with Gasteiger partial charge in [0.15, 0.2) is 15.1 Å². The fourth-order valence-electron chi connectivity index (χ4n) is 4.69. The van der Waals surface area contributed by atoms with Crippen LogP contribution in [0.4, 0.5) is 5.69 Å². The third-order valence-electron chi connectivity index (χ3n) is 6.64. The fraction of sp³-hybridized carbons (Fsp3) is 0.129. The molecule has 43 heavy (non-hydrogen) atoms. The highest BCUT2D eigenvalue weighted by Gasteiger charge is 2.34. The van der Waals surface area contributed by atoms with Crippen molar-refractivity contribution in [2.45, 2.75) is 23.2 Å². The third kappa shape index (κ3) is 5.74. The van der Waals surface area contributed by atoms with Crippen LogP contribution in [0.2, 0.25) is 0 Å². The number of nitrogens with zero attached hydrogens (tertiary/aromatic N) is 4. The van der Waals surface area contributed by atoms with Crippen LogP contribution in [0, 0.1) is 0 Å². The third-order valence-corrected chi connectivity index (χ3v) is 8.44. The molecule has 0 spiro atoms. The van der Waals surface area contributed by atoms with Crippen molar-refractivity contribution < 1.29 is 18.7 Å². The van der Waals surface area contributed by atoms with Crippen LogP contribution >= 0.6 is 23.1 Å². The van der Waals surface area contributed by atoms with Gasteiger partial charge >= 0.3 is 0 Å². The lowest BCUT2D eigenvalue weighted by Gasteiger charge is -2.26. The van der Waals surface area contributed by atoms with Crippen LogP contribution in [0.25, 0.3) is 6.08 Å². The first-order valence-electron chi connectivity index (χ1n) is 13.1. The van der Waals surface area contributed by atoms with Crippen LogP contribution < -0.4 is 29.7 Å². The van der Waals surface area contributed by atoms with Crippen molar-refractivity contribution in [2.24, 2.45) is 4.99 Å². The Morgan fingerprint density at radius 3 is 2.58 bits per heavy atom. The highest BCUT2D eigenvalue weighted by atomic mass is 32.2. The van der Waals surface area contributed by atoms with Gasteiger partial charge in [0.25, 0.3) is 11.5 Å². The molecule has 1 amide bonds. The number of ether oxygens (including phenoxy) is 2.